The summed E-state index contributed by atoms with van der Waals surface area (Å²) in [4.78, 5) is 18.9. The molecule has 20 heavy (non-hydrogen) atoms. The fraction of sp³-hybridized carbons (Fsp3) is 0.467. The molecule has 2 fully saturated rings. The predicted molar refractivity (Wildman–Crippen MR) is 84.2 cm³/mol. The summed E-state index contributed by atoms with van der Waals surface area (Å²) in [5.41, 5.74) is 0.859. The molecule has 1 aromatic carbocycles. The first kappa shape index (κ1) is 13.5. The first-order chi connectivity index (χ1) is 9.72. The van der Waals surface area contributed by atoms with Gasteiger partial charge in [-0.25, -0.2) is 0 Å². The number of nitrogens with zero attached hydrogens (tertiary/aromatic N) is 2. The summed E-state index contributed by atoms with van der Waals surface area (Å²) >= 11 is 1.77. The van der Waals surface area contributed by atoms with Crippen molar-refractivity contribution >= 4 is 28.5 Å². The number of benzene rings is 1. The molecule has 1 aliphatic carbocycles. The van der Waals surface area contributed by atoms with Crippen LogP contribution in [0.2, 0.25) is 0 Å². The van der Waals surface area contributed by atoms with Crippen LogP contribution in [0.4, 0.5) is 5.69 Å². The molecule has 0 bridgehead atoms. The second-order valence-electron chi connectivity index (χ2n) is 5.34. The van der Waals surface area contributed by atoms with E-state index in [9.17, 15) is 4.79 Å². The molecule has 1 saturated heterocycles. The molecule has 1 unspecified atom stereocenters. The van der Waals surface area contributed by atoms with E-state index >= 15 is 0 Å². The van der Waals surface area contributed by atoms with Gasteiger partial charge >= 0.3 is 0 Å². The van der Waals surface area contributed by atoms with E-state index < -0.39 is 0 Å². The topological polar surface area (TPSA) is 44.7 Å². The van der Waals surface area contributed by atoms with Crippen LogP contribution in [0, 0.1) is 0 Å². The highest BCUT2D eigenvalue weighted by atomic mass is 32.2. The molecule has 1 saturated carbocycles. The van der Waals surface area contributed by atoms with Gasteiger partial charge in [0.15, 0.2) is 5.17 Å². The Morgan fingerprint density at radius 2 is 2.15 bits per heavy atom. The smallest absolute Gasteiger partial charge is 0.226 e. The number of anilines is 1. The van der Waals surface area contributed by atoms with E-state index in [2.05, 4.69) is 15.2 Å². The Balaban J connectivity index is 1.54. The third-order valence-corrected chi connectivity index (χ3v) is 4.78. The fourth-order valence-corrected chi connectivity index (χ4v) is 3.43. The molecule has 1 N–H and O–H groups in total. The summed E-state index contributed by atoms with van der Waals surface area (Å²) < 4.78 is 0. The van der Waals surface area contributed by atoms with Gasteiger partial charge in [0.25, 0.3) is 0 Å². The maximum Gasteiger partial charge on any atom is 0.226 e. The lowest BCUT2D eigenvalue weighted by atomic mass is 10.2. The average Bonchev–Trinajstić information content (AvgIpc) is 3.20. The van der Waals surface area contributed by atoms with Gasteiger partial charge in [-0.3, -0.25) is 9.79 Å². The fourth-order valence-electron chi connectivity index (χ4n) is 2.17. The SMILES string of the molecule is CN1C(=NC2CC2)SCC1CC(=O)Nc1ccccc1. The minimum absolute atomic E-state index is 0.0707. The van der Waals surface area contributed by atoms with E-state index in [1.54, 1.807) is 11.8 Å². The molecule has 0 radical (unpaired) electrons. The Hall–Kier alpha value is -1.49. The van der Waals surface area contributed by atoms with E-state index in [4.69, 9.17) is 0 Å². The van der Waals surface area contributed by atoms with Crippen LogP contribution in [-0.2, 0) is 4.79 Å². The van der Waals surface area contributed by atoms with Crippen molar-refractivity contribution in [2.75, 3.05) is 18.1 Å². The normalized spacial score (nSPS) is 24.1. The number of rotatable bonds is 4. The Bertz CT molecular complexity index is 513. The number of carbonyl (C=O) groups is 1. The highest BCUT2D eigenvalue weighted by molar-refractivity contribution is 8.14. The summed E-state index contributed by atoms with van der Waals surface area (Å²) in [7, 11) is 2.04. The average molecular weight is 289 g/mol. The number of hydrogen-bond donors (Lipinski definition) is 1. The van der Waals surface area contributed by atoms with Crippen molar-refractivity contribution in [2.45, 2.75) is 31.3 Å². The zero-order chi connectivity index (χ0) is 13.9. The molecule has 0 aromatic heterocycles. The molecular formula is C15H19N3OS. The number of amidine groups is 1. The van der Waals surface area contributed by atoms with Gasteiger partial charge < -0.3 is 10.2 Å². The number of aliphatic imine (C=N–C) groups is 1. The summed E-state index contributed by atoms with van der Waals surface area (Å²) in [6.45, 7) is 0. The van der Waals surface area contributed by atoms with Crippen LogP contribution in [0.3, 0.4) is 0 Å². The Morgan fingerprint density at radius 1 is 1.40 bits per heavy atom. The third-order valence-electron chi connectivity index (χ3n) is 3.57. The van der Waals surface area contributed by atoms with Crippen LogP contribution in [0.1, 0.15) is 19.3 Å². The zero-order valence-corrected chi connectivity index (χ0v) is 12.4. The van der Waals surface area contributed by atoms with Gasteiger partial charge in [0.1, 0.15) is 0 Å². The van der Waals surface area contributed by atoms with Gasteiger partial charge in [-0.15, -0.1) is 0 Å². The van der Waals surface area contributed by atoms with E-state index in [-0.39, 0.29) is 11.9 Å². The first-order valence-corrected chi connectivity index (χ1v) is 7.99. The second-order valence-corrected chi connectivity index (χ2v) is 6.32. The monoisotopic (exact) mass is 289 g/mol. The van der Waals surface area contributed by atoms with Crippen LogP contribution in [0.15, 0.2) is 35.3 Å². The highest BCUT2D eigenvalue weighted by Gasteiger charge is 2.31. The zero-order valence-electron chi connectivity index (χ0n) is 11.6. The maximum absolute atomic E-state index is 12.1. The minimum Gasteiger partial charge on any atom is -0.350 e. The lowest BCUT2D eigenvalue weighted by Crippen LogP contribution is -2.33. The molecular weight excluding hydrogens is 270 g/mol. The molecule has 1 amide bonds. The second kappa shape index (κ2) is 5.87. The van der Waals surface area contributed by atoms with Crippen molar-refractivity contribution in [3.63, 3.8) is 0 Å². The molecule has 3 rings (SSSR count). The van der Waals surface area contributed by atoms with Gasteiger partial charge in [0, 0.05) is 31.0 Å². The van der Waals surface area contributed by atoms with Crippen molar-refractivity contribution < 1.29 is 4.79 Å². The summed E-state index contributed by atoms with van der Waals surface area (Å²) in [6.07, 6.45) is 2.95. The number of carbonyl (C=O) groups excluding carboxylic acids is 1. The molecule has 2 aliphatic rings. The molecule has 4 nitrogen and oxygen atoms in total. The Labute approximate surface area is 123 Å². The number of hydrogen-bond acceptors (Lipinski definition) is 3. The van der Waals surface area contributed by atoms with Crippen LogP contribution >= 0.6 is 11.8 Å². The maximum atomic E-state index is 12.1. The van der Waals surface area contributed by atoms with Gasteiger partial charge in [-0.1, -0.05) is 30.0 Å². The summed E-state index contributed by atoms with van der Waals surface area (Å²) in [5.74, 6) is 1.02. The Kier molecular flexibility index (Phi) is 3.96. The number of thioether (sulfide) groups is 1. The number of para-hydroxylation sites is 1. The van der Waals surface area contributed by atoms with E-state index in [0.717, 1.165) is 16.6 Å². The van der Waals surface area contributed by atoms with Gasteiger partial charge in [-0.05, 0) is 25.0 Å². The van der Waals surface area contributed by atoms with E-state index in [1.165, 1.54) is 12.8 Å². The van der Waals surface area contributed by atoms with Crippen LogP contribution in [0.5, 0.6) is 0 Å². The third kappa shape index (κ3) is 3.33. The van der Waals surface area contributed by atoms with E-state index in [1.807, 2.05) is 37.4 Å². The number of nitrogens with one attached hydrogen (secondary N) is 1. The highest BCUT2D eigenvalue weighted by Crippen LogP contribution is 2.30. The first-order valence-electron chi connectivity index (χ1n) is 7.00. The minimum atomic E-state index is 0.0707. The lowest BCUT2D eigenvalue weighted by Gasteiger charge is -2.20. The quantitative estimate of drug-likeness (QED) is 0.926. The Morgan fingerprint density at radius 3 is 2.85 bits per heavy atom. The lowest BCUT2D eigenvalue weighted by molar-refractivity contribution is -0.116. The predicted octanol–water partition coefficient (Wildman–Crippen LogP) is 2.58. The van der Waals surface area contributed by atoms with Crippen LogP contribution in [-0.4, -0.2) is 40.9 Å². The summed E-state index contributed by atoms with van der Waals surface area (Å²) in [5, 5.41) is 4.04. The van der Waals surface area contributed by atoms with Crippen molar-refractivity contribution in [3.05, 3.63) is 30.3 Å². The van der Waals surface area contributed by atoms with Gasteiger partial charge in [-0.2, -0.15) is 0 Å². The van der Waals surface area contributed by atoms with Crippen molar-refractivity contribution in [1.29, 1.82) is 0 Å². The molecule has 1 aromatic rings. The largest absolute Gasteiger partial charge is 0.350 e. The molecule has 1 heterocycles. The molecule has 106 valence electrons. The van der Waals surface area contributed by atoms with E-state index in [0.29, 0.717) is 12.5 Å². The van der Waals surface area contributed by atoms with Gasteiger partial charge in [0.2, 0.25) is 5.91 Å². The molecule has 1 aliphatic heterocycles. The van der Waals surface area contributed by atoms with Crippen LogP contribution < -0.4 is 5.32 Å². The molecule has 0 spiro atoms. The standard InChI is InChI=1S/C15H19N3OS/c1-18-13(10-20-15(18)17-12-7-8-12)9-14(19)16-11-5-3-2-4-6-11/h2-6,12-13H,7-10H2,1H3,(H,16,19). The molecule has 5 heteroatoms. The van der Waals surface area contributed by atoms with Crippen molar-refractivity contribution in [1.82, 2.24) is 4.90 Å². The number of amides is 1. The van der Waals surface area contributed by atoms with Crippen molar-refractivity contribution in [2.24, 2.45) is 4.99 Å². The summed E-state index contributed by atoms with van der Waals surface area (Å²) in [6, 6.07) is 10.4. The molecule has 1 atom stereocenters. The van der Waals surface area contributed by atoms with Crippen molar-refractivity contribution in [3.8, 4) is 0 Å². The van der Waals surface area contributed by atoms with Gasteiger partial charge in [0.05, 0.1) is 6.04 Å². The van der Waals surface area contributed by atoms with Crippen LogP contribution in [0.25, 0.3) is 0 Å².